The molecular formula is C19H24N2O2S. The zero-order valence-electron chi connectivity index (χ0n) is 14.6. The van der Waals surface area contributed by atoms with Crippen molar-refractivity contribution in [1.82, 2.24) is 0 Å². The van der Waals surface area contributed by atoms with Crippen LogP contribution in [0.2, 0.25) is 0 Å². The summed E-state index contributed by atoms with van der Waals surface area (Å²) >= 11 is 5.39. The predicted molar refractivity (Wildman–Crippen MR) is 105 cm³/mol. The van der Waals surface area contributed by atoms with Crippen molar-refractivity contribution < 1.29 is 9.47 Å². The Bertz CT molecular complexity index is 686. The lowest BCUT2D eigenvalue weighted by Gasteiger charge is -2.15. The van der Waals surface area contributed by atoms with E-state index in [9.17, 15) is 0 Å². The first-order valence-electron chi connectivity index (χ1n) is 7.97. The number of hydrogen-bond acceptors (Lipinski definition) is 3. The molecule has 2 aromatic rings. The fraction of sp³-hybridized carbons (Fsp3) is 0.316. The number of hydrogen-bond donors (Lipinski definition) is 2. The minimum Gasteiger partial charge on any atom is -0.497 e. The Labute approximate surface area is 149 Å². The summed E-state index contributed by atoms with van der Waals surface area (Å²) in [4.78, 5) is 0. The zero-order valence-corrected chi connectivity index (χ0v) is 15.4. The molecule has 0 aliphatic heterocycles. The average molecular weight is 344 g/mol. The highest BCUT2D eigenvalue weighted by Gasteiger charge is 2.08. The lowest BCUT2D eigenvalue weighted by atomic mass is 9.99. The van der Waals surface area contributed by atoms with Gasteiger partial charge in [0.25, 0.3) is 0 Å². The molecule has 0 aromatic heterocycles. The maximum Gasteiger partial charge on any atom is 0.175 e. The van der Waals surface area contributed by atoms with Gasteiger partial charge < -0.3 is 20.1 Å². The molecule has 5 heteroatoms. The number of thiocarbonyl (C=S) groups is 1. The van der Waals surface area contributed by atoms with E-state index in [4.69, 9.17) is 21.7 Å². The summed E-state index contributed by atoms with van der Waals surface area (Å²) in [5.41, 5.74) is 3.03. The third-order valence-corrected chi connectivity index (χ3v) is 4.21. The molecule has 0 saturated heterocycles. The number of nitrogens with one attached hydrogen (secondary N) is 2. The summed E-state index contributed by atoms with van der Waals surface area (Å²) < 4.78 is 10.6. The highest BCUT2D eigenvalue weighted by molar-refractivity contribution is 7.80. The van der Waals surface area contributed by atoms with E-state index < -0.39 is 0 Å². The maximum atomic E-state index is 5.39. The molecule has 24 heavy (non-hydrogen) atoms. The minimum absolute atomic E-state index is 0.498. The third-order valence-electron chi connectivity index (χ3n) is 4.00. The van der Waals surface area contributed by atoms with Gasteiger partial charge in [-0.25, -0.2) is 0 Å². The van der Waals surface area contributed by atoms with Gasteiger partial charge in [-0.15, -0.1) is 0 Å². The van der Waals surface area contributed by atoms with Crippen LogP contribution >= 0.6 is 12.2 Å². The van der Waals surface area contributed by atoms with Crippen LogP contribution in [-0.2, 0) is 0 Å². The lowest BCUT2D eigenvalue weighted by molar-refractivity contribution is 0.405. The maximum absolute atomic E-state index is 5.39. The largest absolute Gasteiger partial charge is 0.497 e. The van der Waals surface area contributed by atoms with Crippen molar-refractivity contribution in [3.8, 4) is 11.5 Å². The molecule has 0 heterocycles. The smallest absolute Gasteiger partial charge is 0.175 e. The average Bonchev–Trinajstić information content (AvgIpc) is 2.61. The van der Waals surface area contributed by atoms with Gasteiger partial charge in [0.1, 0.15) is 11.5 Å². The van der Waals surface area contributed by atoms with Crippen LogP contribution in [0.25, 0.3) is 0 Å². The van der Waals surface area contributed by atoms with Crippen LogP contribution in [0.3, 0.4) is 0 Å². The van der Waals surface area contributed by atoms with E-state index in [0.717, 1.165) is 23.5 Å². The van der Waals surface area contributed by atoms with Gasteiger partial charge in [0.05, 0.1) is 19.9 Å². The molecular weight excluding hydrogens is 320 g/mol. The molecule has 1 atom stereocenters. The van der Waals surface area contributed by atoms with Crippen LogP contribution in [0.15, 0.2) is 42.5 Å². The van der Waals surface area contributed by atoms with Gasteiger partial charge in [-0.3, -0.25) is 0 Å². The quantitative estimate of drug-likeness (QED) is 0.720. The van der Waals surface area contributed by atoms with Crippen molar-refractivity contribution in [2.45, 2.75) is 26.2 Å². The first kappa shape index (κ1) is 18.1. The Morgan fingerprint density at radius 1 is 1.04 bits per heavy atom. The van der Waals surface area contributed by atoms with Crippen molar-refractivity contribution in [2.24, 2.45) is 0 Å². The van der Waals surface area contributed by atoms with Gasteiger partial charge in [-0.1, -0.05) is 26.0 Å². The third kappa shape index (κ3) is 4.61. The fourth-order valence-electron chi connectivity index (χ4n) is 2.33. The van der Waals surface area contributed by atoms with Crippen molar-refractivity contribution in [3.63, 3.8) is 0 Å². The Kier molecular flexibility index (Phi) is 6.44. The Morgan fingerprint density at radius 2 is 1.75 bits per heavy atom. The summed E-state index contributed by atoms with van der Waals surface area (Å²) in [6, 6.07) is 13.9. The molecule has 128 valence electrons. The lowest BCUT2D eigenvalue weighted by Crippen LogP contribution is -2.19. The van der Waals surface area contributed by atoms with Gasteiger partial charge >= 0.3 is 0 Å². The fourth-order valence-corrected chi connectivity index (χ4v) is 2.55. The van der Waals surface area contributed by atoms with Gasteiger partial charge in [-0.05, 0) is 54.4 Å². The van der Waals surface area contributed by atoms with Crippen molar-refractivity contribution in [1.29, 1.82) is 0 Å². The normalized spacial score (nSPS) is 11.5. The molecule has 0 saturated carbocycles. The topological polar surface area (TPSA) is 42.5 Å². The predicted octanol–water partition coefficient (Wildman–Crippen LogP) is 5.03. The van der Waals surface area contributed by atoms with E-state index in [1.165, 1.54) is 5.56 Å². The van der Waals surface area contributed by atoms with Crippen LogP contribution in [0, 0.1) is 0 Å². The molecule has 0 amide bonds. The molecule has 0 aliphatic carbocycles. The first-order chi connectivity index (χ1) is 11.6. The highest BCUT2D eigenvalue weighted by atomic mass is 32.1. The Balaban J connectivity index is 2.05. The van der Waals surface area contributed by atoms with Crippen LogP contribution in [0.5, 0.6) is 11.5 Å². The Hall–Kier alpha value is -2.27. The molecule has 0 fully saturated rings. The van der Waals surface area contributed by atoms with E-state index in [-0.39, 0.29) is 0 Å². The summed E-state index contributed by atoms with van der Waals surface area (Å²) in [5.74, 6) is 2.00. The number of benzene rings is 2. The molecule has 0 aliphatic rings. The van der Waals surface area contributed by atoms with Crippen molar-refractivity contribution in [3.05, 3.63) is 48.0 Å². The van der Waals surface area contributed by atoms with Gasteiger partial charge in [0.15, 0.2) is 5.11 Å². The number of ether oxygens (including phenoxy) is 2. The van der Waals surface area contributed by atoms with E-state index in [1.807, 2.05) is 30.3 Å². The second-order valence-electron chi connectivity index (χ2n) is 5.58. The SMILES string of the molecule is CCC(C)c1ccc(NC(=S)Nc2cc(OC)ccc2OC)cc1. The van der Waals surface area contributed by atoms with E-state index >= 15 is 0 Å². The summed E-state index contributed by atoms with van der Waals surface area (Å²) in [5, 5.41) is 6.83. The number of anilines is 2. The van der Waals surface area contributed by atoms with E-state index in [2.05, 4.69) is 36.6 Å². The van der Waals surface area contributed by atoms with Crippen molar-refractivity contribution >= 4 is 28.7 Å². The minimum atomic E-state index is 0.498. The molecule has 0 bridgehead atoms. The monoisotopic (exact) mass is 344 g/mol. The summed E-state index contributed by atoms with van der Waals surface area (Å²) in [7, 11) is 3.25. The number of methoxy groups -OCH3 is 2. The molecule has 0 radical (unpaired) electrons. The number of rotatable bonds is 6. The zero-order chi connectivity index (χ0) is 17.5. The van der Waals surface area contributed by atoms with Crippen LogP contribution < -0.4 is 20.1 Å². The van der Waals surface area contributed by atoms with Crippen LogP contribution in [0.1, 0.15) is 31.7 Å². The standard InChI is InChI=1S/C19H24N2O2S/c1-5-13(2)14-6-8-15(9-7-14)20-19(24)21-17-12-16(22-3)10-11-18(17)23-4/h6-13H,5H2,1-4H3,(H2,20,21,24). The van der Waals surface area contributed by atoms with Crippen LogP contribution in [0.4, 0.5) is 11.4 Å². The first-order valence-corrected chi connectivity index (χ1v) is 8.38. The van der Waals surface area contributed by atoms with Gasteiger partial charge in [0, 0.05) is 11.8 Å². The second kappa shape index (κ2) is 8.55. The second-order valence-corrected chi connectivity index (χ2v) is 5.98. The van der Waals surface area contributed by atoms with E-state index in [1.54, 1.807) is 14.2 Å². The summed E-state index contributed by atoms with van der Waals surface area (Å²) in [6.45, 7) is 4.42. The van der Waals surface area contributed by atoms with Crippen LogP contribution in [-0.4, -0.2) is 19.3 Å². The molecule has 2 rings (SSSR count). The van der Waals surface area contributed by atoms with Crippen molar-refractivity contribution in [2.75, 3.05) is 24.9 Å². The molecule has 2 aromatic carbocycles. The van der Waals surface area contributed by atoms with Gasteiger partial charge in [0.2, 0.25) is 0 Å². The Morgan fingerprint density at radius 3 is 2.33 bits per heavy atom. The van der Waals surface area contributed by atoms with Gasteiger partial charge in [-0.2, -0.15) is 0 Å². The molecule has 0 spiro atoms. The highest BCUT2D eigenvalue weighted by Crippen LogP contribution is 2.29. The summed E-state index contributed by atoms with van der Waals surface area (Å²) in [6.07, 6.45) is 1.13. The molecule has 4 nitrogen and oxygen atoms in total. The molecule has 1 unspecified atom stereocenters. The van der Waals surface area contributed by atoms with E-state index in [0.29, 0.717) is 16.8 Å². The molecule has 2 N–H and O–H groups in total.